The van der Waals surface area contributed by atoms with Crippen LogP contribution in [0.4, 0.5) is 0 Å². The third-order valence-electron chi connectivity index (χ3n) is 7.10. The van der Waals surface area contributed by atoms with E-state index in [1.807, 2.05) is 17.0 Å². The molecule has 154 valence electrons. The van der Waals surface area contributed by atoms with E-state index in [4.69, 9.17) is 0 Å². The van der Waals surface area contributed by atoms with Crippen LogP contribution in [0.3, 0.4) is 0 Å². The van der Waals surface area contributed by atoms with Crippen molar-refractivity contribution in [2.75, 3.05) is 26.2 Å². The molecule has 3 aliphatic rings. The zero-order valence-electron chi connectivity index (χ0n) is 17.0. The van der Waals surface area contributed by atoms with Gasteiger partial charge in [0.05, 0.1) is 4.90 Å². The maximum atomic E-state index is 12.9. The smallest absolute Gasteiger partial charge is 0.243 e. The molecule has 3 unspecified atom stereocenters. The van der Waals surface area contributed by atoms with E-state index >= 15 is 0 Å². The van der Waals surface area contributed by atoms with E-state index in [1.54, 1.807) is 12.1 Å². The number of carbonyl (C=O) groups is 1. The molecule has 1 aromatic carbocycles. The summed E-state index contributed by atoms with van der Waals surface area (Å²) < 4.78 is 27.4. The molecule has 0 N–H and O–H groups in total. The van der Waals surface area contributed by atoms with Gasteiger partial charge in [-0.15, -0.1) is 0 Å². The molecule has 3 atom stereocenters. The summed E-state index contributed by atoms with van der Waals surface area (Å²) in [6, 6.07) is 7.20. The zero-order chi connectivity index (χ0) is 19.9. The average molecular weight is 405 g/mol. The fraction of sp³-hybridized carbons (Fsp3) is 0.682. The van der Waals surface area contributed by atoms with Gasteiger partial charge in [0.25, 0.3) is 0 Å². The molecule has 2 aliphatic carbocycles. The highest BCUT2D eigenvalue weighted by molar-refractivity contribution is 7.89. The molecule has 1 aromatic rings. The van der Waals surface area contributed by atoms with Crippen LogP contribution in [0.5, 0.6) is 0 Å². The minimum absolute atomic E-state index is 0.218. The topological polar surface area (TPSA) is 57.7 Å². The van der Waals surface area contributed by atoms with E-state index in [2.05, 4.69) is 13.8 Å². The predicted molar refractivity (Wildman–Crippen MR) is 109 cm³/mol. The number of piperazine rings is 1. The monoisotopic (exact) mass is 404 g/mol. The van der Waals surface area contributed by atoms with Crippen molar-refractivity contribution in [1.82, 2.24) is 9.21 Å². The van der Waals surface area contributed by atoms with Crippen LogP contribution in [0.1, 0.15) is 57.4 Å². The number of carbonyl (C=O) groups excluding carboxylic acids is 1. The van der Waals surface area contributed by atoms with Gasteiger partial charge in [-0.3, -0.25) is 4.79 Å². The normalized spacial score (nSPS) is 28.2. The summed E-state index contributed by atoms with van der Waals surface area (Å²) in [7, 11) is -3.49. The lowest BCUT2D eigenvalue weighted by Crippen LogP contribution is -2.50. The maximum Gasteiger partial charge on any atom is 0.243 e. The summed E-state index contributed by atoms with van der Waals surface area (Å²) >= 11 is 0. The molecule has 0 radical (unpaired) electrons. The number of amides is 1. The van der Waals surface area contributed by atoms with E-state index in [-0.39, 0.29) is 5.91 Å². The molecule has 0 spiro atoms. The predicted octanol–water partition coefficient (Wildman–Crippen LogP) is 3.47. The second-order valence-corrected chi connectivity index (χ2v) is 11.1. The highest BCUT2D eigenvalue weighted by atomic mass is 32.2. The van der Waals surface area contributed by atoms with E-state index in [1.165, 1.54) is 30.0 Å². The molecule has 1 amide bonds. The quantitative estimate of drug-likeness (QED) is 0.755. The van der Waals surface area contributed by atoms with Crippen LogP contribution in [0.15, 0.2) is 29.2 Å². The van der Waals surface area contributed by atoms with Crippen molar-refractivity contribution < 1.29 is 13.2 Å². The Balaban J connectivity index is 1.33. The summed E-state index contributed by atoms with van der Waals surface area (Å²) in [6.07, 6.45) is 5.84. The van der Waals surface area contributed by atoms with Crippen LogP contribution in [0, 0.1) is 17.8 Å². The van der Waals surface area contributed by atoms with Crippen LogP contribution in [-0.2, 0) is 14.8 Å². The second-order valence-electron chi connectivity index (χ2n) is 9.15. The van der Waals surface area contributed by atoms with Gasteiger partial charge in [-0.2, -0.15) is 4.31 Å². The number of nitrogens with zero attached hydrogens (tertiary/aromatic N) is 2. The van der Waals surface area contributed by atoms with Crippen LogP contribution >= 0.6 is 0 Å². The Hall–Kier alpha value is -1.40. The molecule has 28 heavy (non-hydrogen) atoms. The number of fused-ring (bicyclic) bond motifs is 2. The van der Waals surface area contributed by atoms with E-state index in [0.717, 1.165) is 17.4 Å². The Morgan fingerprint density at radius 1 is 1.04 bits per heavy atom. The van der Waals surface area contributed by atoms with Crippen molar-refractivity contribution in [1.29, 1.82) is 0 Å². The maximum absolute atomic E-state index is 12.9. The van der Waals surface area contributed by atoms with Crippen molar-refractivity contribution in [3.8, 4) is 0 Å². The molecular weight excluding hydrogens is 372 g/mol. The van der Waals surface area contributed by atoms with Gasteiger partial charge in [0.2, 0.25) is 15.9 Å². The average Bonchev–Trinajstić information content (AvgIpc) is 3.31. The fourth-order valence-corrected chi connectivity index (χ4v) is 6.75. The Labute approximate surface area is 169 Å². The molecule has 1 aliphatic heterocycles. The largest absolute Gasteiger partial charge is 0.340 e. The Morgan fingerprint density at radius 3 is 2.25 bits per heavy atom. The van der Waals surface area contributed by atoms with Crippen LogP contribution in [0.2, 0.25) is 0 Å². The summed E-state index contributed by atoms with van der Waals surface area (Å²) in [5.41, 5.74) is 1.13. The second kappa shape index (κ2) is 7.79. The first kappa shape index (κ1) is 19.9. The standard InChI is InChI=1S/C22H32N2O3S/c1-16(2)18-5-7-21(8-6-18)28(26,27)24-11-9-23(10-12-24)22(25)15-20-14-17-3-4-19(20)13-17/h5-8,16-17,19-20H,3-4,9-15H2,1-2H3. The minimum atomic E-state index is -3.49. The SMILES string of the molecule is CC(C)c1ccc(S(=O)(=O)N2CCN(C(=O)CC3CC4CCC3C4)CC2)cc1. The number of rotatable bonds is 5. The summed E-state index contributed by atoms with van der Waals surface area (Å²) in [5, 5.41) is 0. The van der Waals surface area contributed by atoms with Gasteiger partial charge in [0.1, 0.15) is 0 Å². The van der Waals surface area contributed by atoms with Gasteiger partial charge in [0.15, 0.2) is 0 Å². The van der Waals surface area contributed by atoms with E-state index in [0.29, 0.717) is 49.3 Å². The van der Waals surface area contributed by atoms with Gasteiger partial charge in [-0.25, -0.2) is 8.42 Å². The van der Waals surface area contributed by atoms with Gasteiger partial charge >= 0.3 is 0 Å². The number of hydrogen-bond acceptors (Lipinski definition) is 3. The lowest BCUT2D eigenvalue weighted by Gasteiger charge is -2.35. The third-order valence-corrected chi connectivity index (χ3v) is 9.01. The molecular formula is C22H32N2O3S. The first-order valence-corrected chi connectivity index (χ1v) is 12.2. The molecule has 2 saturated carbocycles. The number of hydrogen-bond donors (Lipinski definition) is 0. The molecule has 4 rings (SSSR count). The van der Waals surface area contributed by atoms with Crippen LogP contribution < -0.4 is 0 Å². The van der Waals surface area contributed by atoms with Gasteiger partial charge < -0.3 is 4.90 Å². The lowest BCUT2D eigenvalue weighted by atomic mass is 9.86. The van der Waals surface area contributed by atoms with Crippen molar-refractivity contribution >= 4 is 15.9 Å². The van der Waals surface area contributed by atoms with Crippen molar-refractivity contribution in [3.63, 3.8) is 0 Å². The van der Waals surface area contributed by atoms with Gasteiger partial charge in [-0.1, -0.05) is 32.4 Å². The number of sulfonamides is 1. The van der Waals surface area contributed by atoms with E-state index < -0.39 is 10.0 Å². The lowest BCUT2D eigenvalue weighted by molar-refractivity contribution is -0.133. The summed E-state index contributed by atoms with van der Waals surface area (Å²) in [5.74, 6) is 2.76. The summed E-state index contributed by atoms with van der Waals surface area (Å²) in [6.45, 7) is 5.96. The first-order valence-electron chi connectivity index (χ1n) is 10.7. The van der Waals surface area contributed by atoms with Crippen molar-refractivity contribution in [2.45, 2.75) is 56.8 Å². The molecule has 6 heteroatoms. The highest BCUT2D eigenvalue weighted by Gasteiger charge is 2.41. The van der Waals surface area contributed by atoms with Gasteiger partial charge in [0, 0.05) is 32.6 Å². The molecule has 0 aromatic heterocycles. The molecule has 1 heterocycles. The number of benzene rings is 1. The van der Waals surface area contributed by atoms with E-state index in [9.17, 15) is 13.2 Å². The van der Waals surface area contributed by atoms with Crippen LogP contribution in [0.25, 0.3) is 0 Å². The van der Waals surface area contributed by atoms with Crippen molar-refractivity contribution in [3.05, 3.63) is 29.8 Å². The first-order chi connectivity index (χ1) is 13.3. The van der Waals surface area contributed by atoms with Crippen LogP contribution in [-0.4, -0.2) is 49.7 Å². The molecule has 2 bridgehead atoms. The molecule has 5 nitrogen and oxygen atoms in total. The zero-order valence-corrected chi connectivity index (χ0v) is 17.8. The highest BCUT2D eigenvalue weighted by Crippen LogP contribution is 2.49. The fourth-order valence-electron chi connectivity index (χ4n) is 5.33. The van der Waals surface area contributed by atoms with Crippen molar-refractivity contribution in [2.24, 2.45) is 17.8 Å². The summed E-state index contributed by atoms with van der Waals surface area (Å²) in [4.78, 5) is 14.9. The Morgan fingerprint density at radius 2 is 1.71 bits per heavy atom. The minimum Gasteiger partial charge on any atom is -0.340 e. The third kappa shape index (κ3) is 3.86. The molecule has 3 fully saturated rings. The van der Waals surface area contributed by atoms with Gasteiger partial charge in [-0.05, 0) is 60.6 Å². The molecule has 1 saturated heterocycles. The Bertz CT molecular complexity index is 811. The Kier molecular flexibility index (Phi) is 5.53.